The molecule has 4 nitrogen and oxygen atoms in total. The van der Waals surface area contributed by atoms with Gasteiger partial charge in [-0.2, -0.15) is 0 Å². The Hall–Kier alpha value is -1.62. The molecule has 1 aromatic carbocycles. The molecule has 0 amide bonds. The van der Waals surface area contributed by atoms with Gasteiger partial charge >= 0.3 is 0 Å². The van der Waals surface area contributed by atoms with Gasteiger partial charge in [0.05, 0.1) is 5.69 Å². The van der Waals surface area contributed by atoms with Gasteiger partial charge in [0.15, 0.2) is 5.75 Å². The predicted molar refractivity (Wildman–Crippen MR) is 74.7 cm³/mol. The zero-order chi connectivity index (χ0) is 13.0. The molecule has 18 heavy (non-hydrogen) atoms. The maximum Gasteiger partial charge on any atom is 0.222 e. The topological polar surface area (TPSA) is 61.0 Å². The second-order valence-electron chi connectivity index (χ2n) is 3.88. The molecule has 0 aliphatic heterocycles. The molecule has 0 spiro atoms. The number of nitrogens with two attached hydrogens (primary N) is 1. The predicted octanol–water partition coefficient (Wildman–Crippen LogP) is 3.57. The monoisotopic (exact) mass is 307 g/mol. The highest BCUT2D eigenvalue weighted by Gasteiger charge is 2.05. The smallest absolute Gasteiger partial charge is 0.222 e. The molecule has 0 fully saturated rings. The zero-order valence-corrected chi connectivity index (χ0v) is 11.6. The van der Waals surface area contributed by atoms with Crippen molar-refractivity contribution in [2.75, 3.05) is 5.73 Å². The van der Waals surface area contributed by atoms with Gasteiger partial charge < -0.3 is 10.5 Å². The van der Waals surface area contributed by atoms with Crippen molar-refractivity contribution in [3.05, 3.63) is 40.8 Å². The maximum atomic E-state index is 5.87. The quantitative estimate of drug-likeness (QED) is 0.877. The van der Waals surface area contributed by atoms with E-state index >= 15 is 0 Å². The number of nitrogens with zero attached hydrogens (tertiary/aromatic N) is 2. The average Bonchev–Trinajstić information content (AvgIpc) is 2.34. The molecule has 2 aromatic rings. The Morgan fingerprint density at radius 2 is 2.11 bits per heavy atom. The second-order valence-corrected chi connectivity index (χ2v) is 4.80. The van der Waals surface area contributed by atoms with Crippen LogP contribution < -0.4 is 10.5 Å². The summed E-state index contributed by atoms with van der Waals surface area (Å²) in [5, 5.41) is 0. The summed E-state index contributed by atoms with van der Waals surface area (Å²) in [5.41, 5.74) is 7.41. The van der Waals surface area contributed by atoms with Crippen LogP contribution in [0.15, 0.2) is 35.1 Å². The van der Waals surface area contributed by atoms with Crippen molar-refractivity contribution < 1.29 is 4.74 Å². The normalized spacial score (nSPS) is 10.3. The van der Waals surface area contributed by atoms with Crippen LogP contribution in [0.1, 0.15) is 19.0 Å². The lowest BCUT2D eigenvalue weighted by atomic mass is 10.2. The first-order valence-electron chi connectivity index (χ1n) is 5.73. The Bertz CT molecular complexity index is 546. The van der Waals surface area contributed by atoms with Crippen molar-refractivity contribution in [1.82, 2.24) is 9.97 Å². The van der Waals surface area contributed by atoms with Crippen LogP contribution in [0.2, 0.25) is 0 Å². The average molecular weight is 308 g/mol. The van der Waals surface area contributed by atoms with E-state index in [1.165, 1.54) is 6.33 Å². The summed E-state index contributed by atoms with van der Waals surface area (Å²) in [6, 6.07) is 7.31. The van der Waals surface area contributed by atoms with Gasteiger partial charge in [-0.1, -0.05) is 29.3 Å². The summed E-state index contributed by atoms with van der Waals surface area (Å²) < 4.78 is 6.57. The molecule has 5 heteroatoms. The number of anilines is 1. The molecular formula is C13H14BrN3O. The molecule has 2 N–H and O–H groups in total. The number of nitrogen functional groups attached to an aromatic ring is 1. The minimum Gasteiger partial charge on any atom is -0.437 e. The van der Waals surface area contributed by atoms with E-state index in [1.54, 1.807) is 12.1 Å². The molecule has 0 saturated heterocycles. The van der Waals surface area contributed by atoms with Gasteiger partial charge in [-0.3, -0.25) is 0 Å². The summed E-state index contributed by atoms with van der Waals surface area (Å²) in [5.74, 6) is 1.11. The van der Waals surface area contributed by atoms with Crippen LogP contribution >= 0.6 is 15.9 Å². The highest BCUT2D eigenvalue weighted by Crippen LogP contribution is 2.28. The van der Waals surface area contributed by atoms with Crippen molar-refractivity contribution in [1.29, 1.82) is 0 Å². The SMILES string of the molecule is CCCc1cc(Oc2ccc(Br)cc2N)ncn1. The Morgan fingerprint density at radius 3 is 2.83 bits per heavy atom. The number of rotatable bonds is 4. The van der Waals surface area contributed by atoms with E-state index in [-0.39, 0.29) is 0 Å². The molecule has 1 heterocycles. The van der Waals surface area contributed by atoms with Gasteiger partial charge in [-0.25, -0.2) is 9.97 Å². The van der Waals surface area contributed by atoms with Crippen molar-refractivity contribution in [2.45, 2.75) is 19.8 Å². The zero-order valence-electron chi connectivity index (χ0n) is 10.1. The fourth-order valence-electron chi connectivity index (χ4n) is 1.55. The summed E-state index contributed by atoms with van der Waals surface area (Å²) in [4.78, 5) is 8.26. The number of aryl methyl sites for hydroxylation is 1. The van der Waals surface area contributed by atoms with Crippen LogP contribution in [0.3, 0.4) is 0 Å². The van der Waals surface area contributed by atoms with Crippen LogP contribution in [0.4, 0.5) is 5.69 Å². The molecule has 0 radical (unpaired) electrons. The fraction of sp³-hybridized carbons (Fsp3) is 0.231. The molecule has 0 bridgehead atoms. The number of hydrogen-bond donors (Lipinski definition) is 1. The van der Waals surface area contributed by atoms with Crippen LogP contribution in [-0.2, 0) is 6.42 Å². The Morgan fingerprint density at radius 1 is 1.28 bits per heavy atom. The summed E-state index contributed by atoms with van der Waals surface area (Å²) in [7, 11) is 0. The Balaban J connectivity index is 2.20. The van der Waals surface area contributed by atoms with E-state index < -0.39 is 0 Å². The number of aromatic nitrogens is 2. The van der Waals surface area contributed by atoms with E-state index in [0.717, 1.165) is 23.0 Å². The lowest BCUT2D eigenvalue weighted by molar-refractivity contribution is 0.462. The minimum absolute atomic E-state index is 0.516. The second kappa shape index (κ2) is 5.82. The third-order valence-corrected chi connectivity index (χ3v) is 2.88. The number of ether oxygens (including phenoxy) is 1. The molecule has 0 saturated carbocycles. The van der Waals surface area contributed by atoms with Crippen LogP contribution in [-0.4, -0.2) is 9.97 Å². The van der Waals surface area contributed by atoms with Gasteiger partial charge in [-0.05, 0) is 24.6 Å². The van der Waals surface area contributed by atoms with E-state index in [1.807, 2.05) is 12.1 Å². The Kier molecular flexibility index (Phi) is 4.15. The van der Waals surface area contributed by atoms with Gasteiger partial charge in [0.2, 0.25) is 5.88 Å². The highest BCUT2D eigenvalue weighted by atomic mass is 79.9. The van der Waals surface area contributed by atoms with Crippen LogP contribution in [0.25, 0.3) is 0 Å². The third kappa shape index (κ3) is 3.20. The fourth-order valence-corrected chi connectivity index (χ4v) is 1.93. The van der Waals surface area contributed by atoms with E-state index in [9.17, 15) is 0 Å². The molecule has 0 aliphatic carbocycles. The lowest BCUT2D eigenvalue weighted by Gasteiger charge is -2.08. The summed E-state index contributed by atoms with van der Waals surface area (Å²) >= 11 is 3.35. The molecule has 0 atom stereocenters. The molecular weight excluding hydrogens is 294 g/mol. The minimum atomic E-state index is 0.516. The molecule has 94 valence electrons. The highest BCUT2D eigenvalue weighted by molar-refractivity contribution is 9.10. The number of halogens is 1. The van der Waals surface area contributed by atoms with Crippen LogP contribution in [0.5, 0.6) is 11.6 Å². The summed E-state index contributed by atoms with van der Waals surface area (Å²) in [6.45, 7) is 2.11. The van der Waals surface area contributed by atoms with Gasteiger partial charge in [0, 0.05) is 16.2 Å². The van der Waals surface area contributed by atoms with E-state index in [4.69, 9.17) is 10.5 Å². The van der Waals surface area contributed by atoms with Gasteiger partial charge in [0.1, 0.15) is 6.33 Å². The van der Waals surface area contributed by atoms with Crippen molar-refractivity contribution in [3.8, 4) is 11.6 Å². The molecule has 0 aliphatic rings. The first kappa shape index (κ1) is 12.8. The van der Waals surface area contributed by atoms with E-state index in [2.05, 4.69) is 32.8 Å². The molecule has 0 unspecified atom stereocenters. The standard InChI is InChI=1S/C13H14BrN3O/c1-2-3-10-7-13(17-8-16-10)18-12-5-4-9(14)6-11(12)15/h4-8H,2-3,15H2,1H3. The number of benzene rings is 1. The van der Waals surface area contributed by atoms with Gasteiger partial charge in [-0.15, -0.1) is 0 Å². The van der Waals surface area contributed by atoms with E-state index in [0.29, 0.717) is 17.3 Å². The maximum absolute atomic E-state index is 5.87. The first-order chi connectivity index (χ1) is 8.69. The molecule has 1 aromatic heterocycles. The summed E-state index contributed by atoms with van der Waals surface area (Å²) in [6.07, 6.45) is 3.46. The number of hydrogen-bond acceptors (Lipinski definition) is 4. The van der Waals surface area contributed by atoms with Crippen molar-refractivity contribution >= 4 is 21.6 Å². The van der Waals surface area contributed by atoms with Crippen molar-refractivity contribution in [3.63, 3.8) is 0 Å². The van der Waals surface area contributed by atoms with Crippen molar-refractivity contribution in [2.24, 2.45) is 0 Å². The van der Waals surface area contributed by atoms with Crippen LogP contribution in [0, 0.1) is 0 Å². The lowest BCUT2D eigenvalue weighted by Crippen LogP contribution is -1.96. The molecule has 2 rings (SSSR count). The third-order valence-electron chi connectivity index (χ3n) is 2.39. The first-order valence-corrected chi connectivity index (χ1v) is 6.52. The largest absolute Gasteiger partial charge is 0.437 e. The van der Waals surface area contributed by atoms with Gasteiger partial charge in [0.25, 0.3) is 0 Å². The Labute approximate surface area is 114 Å².